The van der Waals surface area contributed by atoms with Crippen molar-refractivity contribution in [1.82, 2.24) is 0 Å². The molecule has 0 aliphatic heterocycles. The maximum atomic E-state index is 2.30. The van der Waals surface area contributed by atoms with Gasteiger partial charge < -0.3 is 0 Å². The van der Waals surface area contributed by atoms with Crippen molar-refractivity contribution in [3.8, 4) is 0 Å². The highest BCUT2D eigenvalue weighted by Gasteiger charge is 2.09. The number of rotatable bonds is 8. The smallest absolute Gasteiger partial charge is 0.0250 e. The lowest BCUT2D eigenvalue weighted by molar-refractivity contribution is 0.429. The van der Waals surface area contributed by atoms with E-state index >= 15 is 0 Å². The zero-order valence-corrected chi connectivity index (χ0v) is 13.5. The largest absolute Gasteiger partial charge is 0.0654 e. The van der Waals surface area contributed by atoms with Crippen LogP contribution in [0.3, 0.4) is 0 Å². The fourth-order valence-corrected chi connectivity index (χ4v) is 3.05. The van der Waals surface area contributed by atoms with E-state index in [1.54, 1.807) is 0 Å². The highest BCUT2D eigenvalue weighted by atomic mass is 14.1. The average molecular weight is 280 g/mol. The molecule has 2 aromatic carbocycles. The molecular weight excluding hydrogens is 252 g/mol. The lowest BCUT2D eigenvalue weighted by Crippen LogP contribution is -2.05. The SMILES string of the molecule is CCCC(CCCc1ccccc1)Cc1ccc(C)cc1. The summed E-state index contributed by atoms with van der Waals surface area (Å²) in [5.74, 6) is 0.835. The van der Waals surface area contributed by atoms with Crippen molar-refractivity contribution < 1.29 is 0 Å². The minimum Gasteiger partial charge on any atom is -0.0654 e. The molecule has 112 valence electrons. The van der Waals surface area contributed by atoms with Gasteiger partial charge in [-0.1, -0.05) is 79.9 Å². The van der Waals surface area contributed by atoms with Gasteiger partial charge in [0.1, 0.15) is 0 Å². The molecule has 0 amide bonds. The van der Waals surface area contributed by atoms with Gasteiger partial charge in [-0.3, -0.25) is 0 Å². The van der Waals surface area contributed by atoms with Crippen LogP contribution in [0.1, 0.15) is 49.3 Å². The first-order valence-electron chi connectivity index (χ1n) is 8.37. The van der Waals surface area contributed by atoms with Gasteiger partial charge in [0.25, 0.3) is 0 Å². The summed E-state index contributed by atoms with van der Waals surface area (Å²) in [6.07, 6.45) is 7.75. The standard InChI is InChI=1S/C21H28/c1-3-8-20(17-21-15-13-18(2)14-16-21)12-7-11-19-9-5-4-6-10-19/h4-6,9-10,13-16,20H,3,7-8,11-12,17H2,1-2H3. The Hall–Kier alpha value is -1.56. The van der Waals surface area contributed by atoms with Crippen molar-refractivity contribution in [3.05, 3.63) is 71.3 Å². The van der Waals surface area contributed by atoms with E-state index in [9.17, 15) is 0 Å². The van der Waals surface area contributed by atoms with Crippen molar-refractivity contribution in [3.63, 3.8) is 0 Å². The molecule has 0 heterocycles. The molecule has 2 rings (SSSR count). The average Bonchev–Trinajstić information content (AvgIpc) is 2.51. The third kappa shape index (κ3) is 5.75. The topological polar surface area (TPSA) is 0 Å². The first-order chi connectivity index (χ1) is 10.3. The molecule has 0 aromatic heterocycles. The van der Waals surface area contributed by atoms with Gasteiger partial charge >= 0.3 is 0 Å². The van der Waals surface area contributed by atoms with Crippen molar-refractivity contribution in [2.75, 3.05) is 0 Å². The Morgan fingerprint density at radius 2 is 1.52 bits per heavy atom. The van der Waals surface area contributed by atoms with E-state index in [0.717, 1.165) is 5.92 Å². The van der Waals surface area contributed by atoms with Crippen LogP contribution < -0.4 is 0 Å². The van der Waals surface area contributed by atoms with Crippen LogP contribution in [0.4, 0.5) is 0 Å². The highest BCUT2D eigenvalue weighted by molar-refractivity contribution is 5.21. The van der Waals surface area contributed by atoms with Gasteiger partial charge in [0.05, 0.1) is 0 Å². The third-order valence-corrected chi connectivity index (χ3v) is 4.26. The Balaban J connectivity index is 1.82. The molecule has 0 heteroatoms. The summed E-state index contributed by atoms with van der Waals surface area (Å²) < 4.78 is 0. The van der Waals surface area contributed by atoms with Gasteiger partial charge in [-0.2, -0.15) is 0 Å². The lowest BCUT2D eigenvalue weighted by Gasteiger charge is -2.16. The summed E-state index contributed by atoms with van der Waals surface area (Å²) >= 11 is 0. The normalized spacial score (nSPS) is 12.3. The van der Waals surface area contributed by atoms with Crippen LogP contribution in [0.5, 0.6) is 0 Å². The van der Waals surface area contributed by atoms with Gasteiger partial charge in [0, 0.05) is 0 Å². The van der Waals surface area contributed by atoms with Crippen LogP contribution in [-0.4, -0.2) is 0 Å². The lowest BCUT2D eigenvalue weighted by atomic mass is 9.89. The van der Waals surface area contributed by atoms with Crippen LogP contribution in [0.2, 0.25) is 0 Å². The maximum absolute atomic E-state index is 2.30. The van der Waals surface area contributed by atoms with Crippen molar-refractivity contribution in [2.24, 2.45) is 5.92 Å². The molecule has 1 unspecified atom stereocenters. The second-order valence-corrected chi connectivity index (χ2v) is 6.22. The Morgan fingerprint density at radius 1 is 0.810 bits per heavy atom. The van der Waals surface area contributed by atoms with Crippen LogP contribution in [0.15, 0.2) is 54.6 Å². The Labute approximate surface area is 130 Å². The Kier molecular flexibility index (Phi) is 6.53. The molecule has 21 heavy (non-hydrogen) atoms. The fourth-order valence-electron chi connectivity index (χ4n) is 3.05. The molecule has 0 saturated heterocycles. The van der Waals surface area contributed by atoms with E-state index in [1.165, 1.54) is 55.2 Å². The third-order valence-electron chi connectivity index (χ3n) is 4.26. The van der Waals surface area contributed by atoms with Gasteiger partial charge in [-0.05, 0) is 49.7 Å². The predicted octanol–water partition coefficient (Wildman–Crippen LogP) is 5.98. The van der Waals surface area contributed by atoms with Crippen LogP contribution in [0.25, 0.3) is 0 Å². The quantitative estimate of drug-likeness (QED) is 0.558. The monoisotopic (exact) mass is 280 g/mol. The summed E-state index contributed by atoms with van der Waals surface area (Å²) in [7, 11) is 0. The Bertz CT molecular complexity index is 495. The molecule has 0 nitrogen and oxygen atoms in total. The first kappa shape index (κ1) is 15.8. The molecule has 0 radical (unpaired) electrons. The summed E-state index contributed by atoms with van der Waals surface area (Å²) in [6, 6.07) is 20.0. The number of hydrogen-bond donors (Lipinski definition) is 0. The molecule has 1 atom stereocenters. The van der Waals surface area contributed by atoms with Crippen LogP contribution in [0, 0.1) is 12.8 Å². The zero-order valence-electron chi connectivity index (χ0n) is 13.5. The number of hydrogen-bond acceptors (Lipinski definition) is 0. The van der Waals surface area contributed by atoms with Crippen molar-refractivity contribution >= 4 is 0 Å². The summed E-state index contributed by atoms with van der Waals surface area (Å²) in [5, 5.41) is 0. The van der Waals surface area contributed by atoms with E-state index in [-0.39, 0.29) is 0 Å². The second kappa shape index (κ2) is 8.67. The minimum atomic E-state index is 0.835. The second-order valence-electron chi connectivity index (χ2n) is 6.22. The maximum Gasteiger partial charge on any atom is -0.0250 e. The molecular formula is C21H28. The number of benzene rings is 2. The fraction of sp³-hybridized carbons (Fsp3) is 0.429. The van der Waals surface area contributed by atoms with E-state index in [0.29, 0.717) is 0 Å². The van der Waals surface area contributed by atoms with E-state index < -0.39 is 0 Å². The van der Waals surface area contributed by atoms with Crippen molar-refractivity contribution in [1.29, 1.82) is 0 Å². The van der Waals surface area contributed by atoms with Gasteiger partial charge in [0.2, 0.25) is 0 Å². The van der Waals surface area contributed by atoms with Crippen LogP contribution >= 0.6 is 0 Å². The molecule has 0 aliphatic carbocycles. The molecule has 2 aromatic rings. The van der Waals surface area contributed by atoms with Gasteiger partial charge in [-0.15, -0.1) is 0 Å². The summed E-state index contributed by atoms with van der Waals surface area (Å²) in [6.45, 7) is 4.46. The molecule has 0 saturated carbocycles. The van der Waals surface area contributed by atoms with E-state index in [1.807, 2.05) is 0 Å². The molecule has 0 spiro atoms. The first-order valence-corrected chi connectivity index (χ1v) is 8.37. The molecule has 0 bridgehead atoms. The Morgan fingerprint density at radius 3 is 2.19 bits per heavy atom. The molecule has 0 fully saturated rings. The van der Waals surface area contributed by atoms with E-state index in [4.69, 9.17) is 0 Å². The number of aryl methyl sites for hydroxylation is 2. The highest BCUT2D eigenvalue weighted by Crippen LogP contribution is 2.21. The van der Waals surface area contributed by atoms with Gasteiger partial charge in [0.15, 0.2) is 0 Å². The summed E-state index contributed by atoms with van der Waals surface area (Å²) in [4.78, 5) is 0. The van der Waals surface area contributed by atoms with E-state index in [2.05, 4.69) is 68.4 Å². The van der Waals surface area contributed by atoms with Crippen LogP contribution in [-0.2, 0) is 12.8 Å². The minimum absolute atomic E-state index is 0.835. The van der Waals surface area contributed by atoms with Crippen molar-refractivity contribution in [2.45, 2.75) is 52.4 Å². The molecule has 0 aliphatic rings. The zero-order chi connectivity index (χ0) is 14.9. The van der Waals surface area contributed by atoms with Gasteiger partial charge in [-0.25, -0.2) is 0 Å². The summed E-state index contributed by atoms with van der Waals surface area (Å²) in [5.41, 5.74) is 4.33. The predicted molar refractivity (Wildman–Crippen MR) is 92.7 cm³/mol. The molecule has 0 N–H and O–H groups in total.